The van der Waals surface area contributed by atoms with Gasteiger partial charge in [-0.05, 0) is 49.2 Å². The summed E-state index contributed by atoms with van der Waals surface area (Å²) in [7, 11) is 1.46. The monoisotopic (exact) mass is 292 g/mol. The number of hydrogen-bond acceptors (Lipinski definition) is 2. The fourth-order valence-corrected chi connectivity index (χ4v) is 2.37. The maximum absolute atomic E-state index is 14.1. The minimum atomic E-state index is -0.533. The lowest BCUT2D eigenvalue weighted by molar-refractivity contribution is 0.103. The zero-order valence-electron chi connectivity index (χ0n) is 11.5. The van der Waals surface area contributed by atoms with Gasteiger partial charge in [-0.1, -0.05) is 17.7 Å². The fourth-order valence-electron chi connectivity index (χ4n) is 2.20. The second-order valence-corrected chi connectivity index (χ2v) is 5.05. The average molecular weight is 293 g/mol. The Balaban J connectivity index is 2.60. The highest BCUT2D eigenvalue weighted by atomic mass is 35.5. The number of ether oxygens (including phenoxy) is 1. The number of benzene rings is 2. The van der Waals surface area contributed by atoms with E-state index in [0.29, 0.717) is 16.3 Å². The van der Waals surface area contributed by atoms with Crippen molar-refractivity contribution >= 4 is 17.4 Å². The van der Waals surface area contributed by atoms with Gasteiger partial charge in [-0.25, -0.2) is 4.39 Å². The van der Waals surface area contributed by atoms with Crippen molar-refractivity contribution in [3.05, 3.63) is 63.4 Å². The molecule has 2 aromatic carbocycles. The Hall–Kier alpha value is -1.87. The van der Waals surface area contributed by atoms with Crippen molar-refractivity contribution in [2.45, 2.75) is 13.8 Å². The van der Waals surface area contributed by atoms with E-state index in [4.69, 9.17) is 16.3 Å². The molecule has 0 heterocycles. The molecular weight excluding hydrogens is 279 g/mol. The predicted octanol–water partition coefficient (Wildman–Crippen LogP) is 4.34. The summed E-state index contributed by atoms with van der Waals surface area (Å²) < 4.78 is 19.2. The summed E-state index contributed by atoms with van der Waals surface area (Å²) in [4.78, 5) is 12.6. The number of ketones is 1. The van der Waals surface area contributed by atoms with Gasteiger partial charge < -0.3 is 4.74 Å². The molecule has 0 aromatic heterocycles. The van der Waals surface area contributed by atoms with Crippen LogP contribution in [0.1, 0.15) is 27.0 Å². The largest absolute Gasteiger partial charge is 0.496 e. The topological polar surface area (TPSA) is 26.3 Å². The third-order valence-electron chi connectivity index (χ3n) is 3.06. The summed E-state index contributed by atoms with van der Waals surface area (Å²) >= 11 is 5.91. The van der Waals surface area contributed by atoms with Crippen molar-refractivity contribution < 1.29 is 13.9 Å². The fraction of sp³-hybridized carbons (Fsp3) is 0.188. The molecule has 0 fully saturated rings. The minimum Gasteiger partial charge on any atom is -0.496 e. The van der Waals surface area contributed by atoms with Crippen LogP contribution in [0.15, 0.2) is 30.3 Å². The smallest absolute Gasteiger partial charge is 0.200 e. The van der Waals surface area contributed by atoms with E-state index in [2.05, 4.69) is 0 Å². The van der Waals surface area contributed by atoms with E-state index >= 15 is 0 Å². The van der Waals surface area contributed by atoms with Crippen molar-refractivity contribution in [3.63, 3.8) is 0 Å². The van der Waals surface area contributed by atoms with Crippen LogP contribution in [0.5, 0.6) is 5.75 Å². The normalized spacial score (nSPS) is 10.4. The van der Waals surface area contributed by atoms with Crippen LogP contribution in [0.4, 0.5) is 4.39 Å². The molecule has 2 rings (SSSR count). The number of rotatable bonds is 3. The van der Waals surface area contributed by atoms with Crippen LogP contribution in [0, 0.1) is 19.7 Å². The van der Waals surface area contributed by atoms with Gasteiger partial charge in [0.1, 0.15) is 11.6 Å². The molecule has 0 bridgehead atoms. The predicted molar refractivity (Wildman–Crippen MR) is 77.3 cm³/mol. The number of carbonyl (C=O) groups is 1. The molecule has 0 unspecified atom stereocenters. The number of hydrogen-bond donors (Lipinski definition) is 0. The second kappa shape index (κ2) is 5.63. The first-order chi connectivity index (χ1) is 9.43. The molecule has 0 radical (unpaired) electrons. The van der Waals surface area contributed by atoms with Gasteiger partial charge in [0.25, 0.3) is 0 Å². The van der Waals surface area contributed by atoms with E-state index in [0.717, 1.165) is 5.56 Å². The first-order valence-electron chi connectivity index (χ1n) is 6.09. The first kappa shape index (κ1) is 14.5. The summed E-state index contributed by atoms with van der Waals surface area (Å²) in [5.74, 6) is -0.590. The lowest BCUT2D eigenvalue weighted by atomic mass is 9.96. The van der Waals surface area contributed by atoms with Gasteiger partial charge in [0.05, 0.1) is 18.2 Å². The van der Waals surface area contributed by atoms with Crippen molar-refractivity contribution in [1.29, 1.82) is 0 Å². The lowest BCUT2D eigenvalue weighted by Crippen LogP contribution is -2.09. The molecule has 0 aliphatic carbocycles. The number of carbonyl (C=O) groups excluding carboxylic acids is 1. The van der Waals surface area contributed by atoms with Crippen LogP contribution in [-0.4, -0.2) is 12.9 Å². The van der Waals surface area contributed by atoms with Gasteiger partial charge in [-0.15, -0.1) is 0 Å². The van der Waals surface area contributed by atoms with Gasteiger partial charge in [-0.3, -0.25) is 4.79 Å². The molecule has 0 amide bonds. The van der Waals surface area contributed by atoms with Crippen molar-refractivity contribution in [3.8, 4) is 5.75 Å². The molecule has 0 atom stereocenters. The van der Waals surface area contributed by atoms with Crippen molar-refractivity contribution in [2.24, 2.45) is 0 Å². The Labute approximate surface area is 122 Å². The molecule has 0 saturated carbocycles. The first-order valence-corrected chi connectivity index (χ1v) is 6.47. The van der Waals surface area contributed by atoms with E-state index in [1.807, 2.05) is 0 Å². The molecule has 0 spiro atoms. The molecular formula is C16H14ClFO2. The van der Waals surface area contributed by atoms with E-state index in [1.165, 1.54) is 19.2 Å². The van der Waals surface area contributed by atoms with Gasteiger partial charge in [0, 0.05) is 5.02 Å². The summed E-state index contributed by atoms with van der Waals surface area (Å²) in [5.41, 5.74) is 1.67. The lowest BCUT2D eigenvalue weighted by Gasteiger charge is -2.11. The van der Waals surface area contributed by atoms with Crippen LogP contribution in [0.3, 0.4) is 0 Å². The van der Waals surface area contributed by atoms with Gasteiger partial charge >= 0.3 is 0 Å². The van der Waals surface area contributed by atoms with Gasteiger partial charge in [0.2, 0.25) is 0 Å². The Morgan fingerprint density at radius 3 is 2.50 bits per heavy atom. The van der Waals surface area contributed by atoms with Gasteiger partial charge in [0.15, 0.2) is 5.78 Å². The standard InChI is InChI=1S/C16H14ClFO2/c1-9-6-10(2)15(13(18)7-9)16(19)12-8-11(17)4-5-14(12)20-3/h4-8H,1-3H3. The second-order valence-electron chi connectivity index (χ2n) is 4.61. The van der Waals surface area contributed by atoms with Crippen molar-refractivity contribution in [2.75, 3.05) is 7.11 Å². The van der Waals surface area contributed by atoms with E-state index in [-0.39, 0.29) is 11.1 Å². The Morgan fingerprint density at radius 2 is 1.90 bits per heavy atom. The molecule has 4 heteroatoms. The maximum atomic E-state index is 14.1. The van der Waals surface area contributed by atoms with E-state index in [1.54, 1.807) is 32.0 Å². The summed E-state index contributed by atoms with van der Waals surface area (Å²) in [6.45, 7) is 3.49. The summed E-state index contributed by atoms with van der Waals surface area (Å²) in [6.07, 6.45) is 0. The number of halogens is 2. The maximum Gasteiger partial charge on any atom is 0.200 e. The van der Waals surface area contributed by atoms with E-state index < -0.39 is 11.6 Å². The summed E-state index contributed by atoms with van der Waals surface area (Å²) in [6, 6.07) is 7.82. The molecule has 104 valence electrons. The molecule has 20 heavy (non-hydrogen) atoms. The van der Waals surface area contributed by atoms with Crippen LogP contribution in [-0.2, 0) is 0 Å². The SMILES string of the molecule is COc1ccc(Cl)cc1C(=O)c1c(C)cc(C)cc1F. The van der Waals surface area contributed by atoms with Crippen LogP contribution in [0.2, 0.25) is 5.02 Å². The van der Waals surface area contributed by atoms with Crippen LogP contribution < -0.4 is 4.74 Å². The average Bonchev–Trinajstić information content (AvgIpc) is 2.37. The highest BCUT2D eigenvalue weighted by Gasteiger charge is 2.20. The number of aryl methyl sites for hydroxylation is 2. The molecule has 0 N–H and O–H groups in total. The zero-order valence-corrected chi connectivity index (χ0v) is 12.2. The Kier molecular flexibility index (Phi) is 4.09. The van der Waals surface area contributed by atoms with Crippen LogP contribution in [0.25, 0.3) is 0 Å². The summed E-state index contributed by atoms with van der Waals surface area (Å²) in [5, 5.41) is 0.402. The molecule has 0 aliphatic heterocycles. The highest BCUT2D eigenvalue weighted by molar-refractivity contribution is 6.31. The molecule has 2 nitrogen and oxygen atoms in total. The van der Waals surface area contributed by atoms with E-state index in [9.17, 15) is 9.18 Å². The Bertz CT molecular complexity index is 657. The Morgan fingerprint density at radius 1 is 1.20 bits per heavy atom. The third kappa shape index (κ3) is 2.68. The third-order valence-corrected chi connectivity index (χ3v) is 3.30. The molecule has 2 aromatic rings. The minimum absolute atomic E-state index is 0.0520. The molecule has 0 saturated heterocycles. The van der Waals surface area contributed by atoms with Crippen molar-refractivity contribution in [1.82, 2.24) is 0 Å². The molecule has 0 aliphatic rings. The van der Waals surface area contributed by atoms with Gasteiger partial charge in [-0.2, -0.15) is 0 Å². The highest BCUT2D eigenvalue weighted by Crippen LogP contribution is 2.27. The van der Waals surface area contributed by atoms with Crippen LogP contribution >= 0.6 is 11.6 Å². The zero-order chi connectivity index (χ0) is 14.9. The quantitative estimate of drug-likeness (QED) is 0.787. The number of methoxy groups -OCH3 is 1.